The molecule has 1 aliphatic rings. The van der Waals surface area contributed by atoms with E-state index in [1.807, 2.05) is 0 Å². The number of ether oxygens (including phenoxy) is 2. The Hall–Kier alpha value is 0.400. The van der Waals surface area contributed by atoms with Crippen LogP contribution < -0.4 is 0 Å². The van der Waals surface area contributed by atoms with Gasteiger partial charge in [-0.25, -0.2) is 0 Å². The van der Waals surface area contributed by atoms with Crippen LogP contribution in [0.25, 0.3) is 0 Å². The summed E-state index contributed by atoms with van der Waals surface area (Å²) in [6.07, 6.45) is 11.9. The van der Waals surface area contributed by atoms with Gasteiger partial charge in [-0.2, -0.15) is 0 Å². The van der Waals surface area contributed by atoms with Crippen LogP contribution in [-0.2, 0) is 9.47 Å². The molecule has 1 fully saturated rings. The van der Waals surface area contributed by atoms with Gasteiger partial charge >= 0.3 is 0 Å². The second-order valence-corrected chi connectivity index (χ2v) is 5.89. The summed E-state index contributed by atoms with van der Waals surface area (Å²) >= 11 is 3.47. The van der Waals surface area contributed by atoms with Gasteiger partial charge in [-0.1, -0.05) is 54.5 Å². The highest BCUT2D eigenvalue weighted by atomic mass is 79.9. The maximum Gasteiger partial charge on any atom is 0.165 e. The van der Waals surface area contributed by atoms with Crippen LogP contribution in [0.15, 0.2) is 0 Å². The van der Waals surface area contributed by atoms with Crippen LogP contribution in [0.3, 0.4) is 0 Å². The first-order valence-corrected chi connectivity index (χ1v) is 8.23. The summed E-state index contributed by atoms with van der Waals surface area (Å²) in [6, 6.07) is 0. The van der Waals surface area contributed by atoms with Crippen LogP contribution in [0.1, 0.15) is 64.7 Å². The Labute approximate surface area is 115 Å². The fourth-order valence-corrected chi connectivity index (χ4v) is 2.70. The molecule has 3 heteroatoms. The van der Waals surface area contributed by atoms with Gasteiger partial charge < -0.3 is 9.47 Å². The highest BCUT2D eigenvalue weighted by molar-refractivity contribution is 9.09. The SMILES string of the molecule is CC1(CCCCCCCCCCBr)OCCO1. The normalized spacial score (nSPS) is 18.7. The number of unbranched alkanes of at least 4 members (excludes halogenated alkanes) is 7. The molecule has 0 aromatic carbocycles. The molecule has 1 aliphatic heterocycles. The van der Waals surface area contributed by atoms with Gasteiger partial charge in [0.1, 0.15) is 0 Å². The topological polar surface area (TPSA) is 18.5 Å². The van der Waals surface area contributed by atoms with Crippen molar-refractivity contribution in [3.8, 4) is 0 Å². The number of alkyl halides is 1. The molecule has 0 saturated carbocycles. The van der Waals surface area contributed by atoms with Crippen LogP contribution in [0.4, 0.5) is 0 Å². The number of hydrogen-bond acceptors (Lipinski definition) is 2. The average Bonchev–Trinajstić information content (AvgIpc) is 2.74. The summed E-state index contributed by atoms with van der Waals surface area (Å²) in [5.74, 6) is -0.268. The Morgan fingerprint density at radius 3 is 1.82 bits per heavy atom. The lowest BCUT2D eigenvalue weighted by Gasteiger charge is -2.21. The molecular weight excluding hydrogens is 280 g/mol. The van der Waals surface area contributed by atoms with Crippen molar-refractivity contribution in [1.29, 1.82) is 0 Å². The first kappa shape index (κ1) is 15.5. The van der Waals surface area contributed by atoms with Gasteiger partial charge in [-0.15, -0.1) is 0 Å². The number of halogens is 1. The van der Waals surface area contributed by atoms with Crippen LogP contribution in [0, 0.1) is 0 Å². The minimum absolute atomic E-state index is 0.268. The van der Waals surface area contributed by atoms with E-state index >= 15 is 0 Å². The highest BCUT2D eigenvalue weighted by Gasteiger charge is 2.29. The quantitative estimate of drug-likeness (QED) is 0.432. The van der Waals surface area contributed by atoms with E-state index in [2.05, 4.69) is 22.9 Å². The van der Waals surface area contributed by atoms with Gasteiger partial charge in [0.25, 0.3) is 0 Å². The molecule has 0 radical (unpaired) electrons. The van der Waals surface area contributed by atoms with Crippen LogP contribution >= 0.6 is 15.9 Å². The minimum Gasteiger partial charge on any atom is -0.348 e. The van der Waals surface area contributed by atoms with E-state index in [9.17, 15) is 0 Å². The van der Waals surface area contributed by atoms with Crippen molar-refractivity contribution in [3.05, 3.63) is 0 Å². The lowest BCUT2D eigenvalue weighted by molar-refractivity contribution is -0.147. The first-order valence-electron chi connectivity index (χ1n) is 7.11. The molecule has 1 saturated heterocycles. The van der Waals surface area contributed by atoms with E-state index in [0.717, 1.165) is 25.0 Å². The van der Waals surface area contributed by atoms with Gasteiger partial charge in [0.05, 0.1) is 13.2 Å². The van der Waals surface area contributed by atoms with Gasteiger partial charge in [-0.3, -0.25) is 0 Å². The predicted octanol–water partition coefficient (Wildman–Crippen LogP) is 4.66. The molecule has 0 aromatic heterocycles. The first-order chi connectivity index (χ1) is 8.27. The Balaban J connectivity index is 1.81. The summed E-state index contributed by atoms with van der Waals surface area (Å²) in [5, 5.41) is 1.16. The van der Waals surface area contributed by atoms with Gasteiger partial charge in [0.15, 0.2) is 5.79 Å². The standard InChI is InChI=1S/C14H27BrO2/c1-14(16-12-13-17-14)10-8-6-4-2-3-5-7-9-11-15/h2-13H2,1H3. The predicted molar refractivity (Wildman–Crippen MR) is 75.7 cm³/mol. The zero-order valence-corrected chi connectivity index (χ0v) is 12.8. The lowest BCUT2D eigenvalue weighted by Crippen LogP contribution is -2.24. The van der Waals surface area contributed by atoms with Crippen molar-refractivity contribution in [2.75, 3.05) is 18.5 Å². The van der Waals surface area contributed by atoms with Crippen molar-refractivity contribution >= 4 is 15.9 Å². The summed E-state index contributed by atoms with van der Waals surface area (Å²) < 4.78 is 11.2. The molecule has 102 valence electrons. The number of rotatable bonds is 10. The molecule has 0 aliphatic carbocycles. The molecular formula is C14H27BrO2. The third-order valence-corrected chi connectivity index (χ3v) is 3.97. The Kier molecular flexibility index (Phi) is 8.50. The average molecular weight is 307 g/mol. The fourth-order valence-electron chi connectivity index (χ4n) is 2.30. The molecule has 1 rings (SSSR count). The van der Waals surface area contributed by atoms with Crippen molar-refractivity contribution in [3.63, 3.8) is 0 Å². The van der Waals surface area contributed by atoms with Gasteiger partial charge in [-0.05, 0) is 19.8 Å². The van der Waals surface area contributed by atoms with E-state index in [0.29, 0.717) is 0 Å². The maximum absolute atomic E-state index is 5.59. The smallest absolute Gasteiger partial charge is 0.165 e. The van der Waals surface area contributed by atoms with E-state index in [-0.39, 0.29) is 5.79 Å². The Bertz CT molecular complexity index is 179. The Morgan fingerprint density at radius 2 is 1.29 bits per heavy atom. The molecule has 2 nitrogen and oxygen atoms in total. The van der Waals surface area contributed by atoms with E-state index in [1.54, 1.807) is 0 Å². The molecule has 0 spiro atoms. The second kappa shape index (κ2) is 9.35. The van der Waals surface area contributed by atoms with Gasteiger partial charge in [0.2, 0.25) is 0 Å². The second-order valence-electron chi connectivity index (χ2n) is 5.10. The monoisotopic (exact) mass is 306 g/mol. The minimum atomic E-state index is -0.268. The van der Waals surface area contributed by atoms with Crippen LogP contribution in [-0.4, -0.2) is 24.3 Å². The van der Waals surface area contributed by atoms with Crippen molar-refractivity contribution in [2.24, 2.45) is 0 Å². The van der Waals surface area contributed by atoms with E-state index in [4.69, 9.17) is 9.47 Å². The molecule has 0 amide bonds. The molecule has 1 heterocycles. The Morgan fingerprint density at radius 1 is 0.824 bits per heavy atom. The van der Waals surface area contributed by atoms with E-state index < -0.39 is 0 Å². The lowest BCUT2D eigenvalue weighted by atomic mass is 10.0. The highest BCUT2D eigenvalue weighted by Crippen LogP contribution is 2.25. The largest absolute Gasteiger partial charge is 0.348 e. The van der Waals surface area contributed by atoms with Crippen LogP contribution in [0.5, 0.6) is 0 Å². The molecule has 0 aromatic rings. The third-order valence-electron chi connectivity index (χ3n) is 3.41. The van der Waals surface area contributed by atoms with Crippen LogP contribution in [0.2, 0.25) is 0 Å². The fraction of sp³-hybridized carbons (Fsp3) is 1.00. The van der Waals surface area contributed by atoms with Crippen molar-refractivity contribution in [2.45, 2.75) is 70.5 Å². The zero-order chi connectivity index (χ0) is 12.4. The molecule has 0 unspecified atom stereocenters. The third kappa shape index (κ3) is 7.43. The summed E-state index contributed by atoms with van der Waals surface area (Å²) in [5.41, 5.74) is 0. The van der Waals surface area contributed by atoms with Crippen molar-refractivity contribution in [1.82, 2.24) is 0 Å². The molecule has 0 N–H and O–H groups in total. The van der Waals surface area contributed by atoms with Gasteiger partial charge in [0, 0.05) is 11.8 Å². The summed E-state index contributed by atoms with van der Waals surface area (Å²) in [6.45, 7) is 3.61. The molecule has 17 heavy (non-hydrogen) atoms. The zero-order valence-electron chi connectivity index (χ0n) is 11.2. The molecule has 0 atom stereocenters. The van der Waals surface area contributed by atoms with E-state index in [1.165, 1.54) is 51.4 Å². The maximum atomic E-state index is 5.59. The molecule has 0 bridgehead atoms. The van der Waals surface area contributed by atoms with Crippen molar-refractivity contribution < 1.29 is 9.47 Å². The summed E-state index contributed by atoms with van der Waals surface area (Å²) in [4.78, 5) is 0. The summed E-state index contributed by atoms with van der Waals surface area (Å²) in [7, 11) is 0. The number of hydrogen-bond donors (Lipinski definition) is 0.